The van der Waals surface area contributed by atoms with Gasteiger partial charge in [0, 0.05) is 25.2 Å². The van der Waals surface area contributed by atoms with E-state index < -0.39 is 17.2 Å². The Kier molecular flexibility index (Phi) is 7.53. The second kappa shape index (κ2) is 10.6. The van der Waals surface area contributed by atoms with Gasteiger partial charge < -0.3 is 15.0 Å². The Labute approximate surface area is 214 Å². The highest BCUT2D eigenvalue weighted by atomic mass is 35.5. The Morgan fingerprint density at radius 1 is 1.03 bits per heavy atom. The summed E-state index contributed by atoms with van der Waals surface area (Å²) in [5.41, 5.74) is 1.41. The van der Waals surface area contributed by atoms with E-state index in [1.165, 1.54) is 17.7 Å². The number of benzene rings is 2. The Balaban J connectivity index is 0.00000304. The van der Waals surface area contributed by atoms with Crippen LogP contribution in [0.2, 0.25) is 0 Å². The third-order valence-electron chi connectivity index (χ3n) is 6.23. The molecule has 0 atom stereocenters. The molecule has 2 aromatic heterocycles. The standard InChI is InChI=1S/C27H25F2N5O.ClH/c1-34-25(19-15-20(28)17-21(29)16-19)33-23-24(30-14-10-18-7-3-2-4-8-18)31-22(32-26(23)34)9-13-27(35)11-5-6-12-27;/h2-4,7-8,15-17,35H,5-6,10-12,14H2,1H3,(H,30,31,32);1H. The summed E-state index contributed by atoms with van der Waals surface area (Å²) < 4.78 is 29.5. The second-order valence-corrected chi connectivity index (χ2v) is 8.87. The number of rotatable bonds is 5. The zero-order valence-electron chi connectivity index (χ0n) is 19.8. The summed E-state index contributed by atoms with van der Waals surface area (Å²) in [6, 6.07) is 13.3. The molecule has 0 saturated heterocycles. The van der Waals surface area contributed by atoms with Gasteiger partial charge in [0.25, 0.3) is 0 Å². The first-order chi connectivity index (χ1) is 16.9. The van der Waals surface area contributed by atoms with Gasteiger partial charge in [-0.05, 0) is 55.7 Å². The lowest BCUT2D eigenvalue weighted by Crippen LogP contribution is -2.21. The molecule has 5 rings (SSSR count). The van der Waals surface area contributed by atoms with Crippen molar-refractivity contribution in [1.29, 1.82) is 0 Å². The SMILES string of the molecule is Cl.Cn1c(-c2cc(F)cc(F)c2)nc2c(NCCc3ccccc3)nc(C#CC3(O)CCCC3)nc21. The molecule has 2 N–H and O–H groups in total. The largest absolute Gasteiger partial charge is 0.378 e. The maximum absolute atomic E-state index is 13.9. The van der Waals surface area contributed by atoms with E-state index in [4.69, 9.17) is 0 Å². The Morgan fingerprint density at radius 3 is 2.42 bits per heavy atom. The highest BCUT2D eigenvalue weighted by Crippen LogP contribution is 2.30. The fourth-order valence-electron chi connectivity index (χ4n) is 4.41. The molecule has 0 spiro atoms. The van der Waals surface area contributed by atoms with E-state index >= 15 is 0 Å². The third-order valence-corrected chi connectivity index (χ3v) is 6.23. The number of aliphatic hydroxyl groups is 1. The number of aryl methyl sites for hydroxylation is 1. The Hall–Kier alpha value is -3.54. The highest BCUT2D eigenvalue weighted by Gasteiger charge is 2.28. The quantitative estimate of drug-likeness (QED) is 0.369. The first kappa shape index (κ1) is 25.5. The second-order valence-electron chi connectivity index (χ2n) is 8.87. The van der Waals surface area contributed by atoms with E-state index in [0.29, 0.717) is 47.8 Å². The fraction of sp³-hybridized carbons (Fsp3) is 0.296. The molecule has 0 amide bonds. The predicted octanol–water partition coefficient (Wildman–Crippen LogP) is 5.04. The lowest BCUT2D eigenvalue weighted by Gasteiger charge is -2.12. The molecule has 0 aliphatic heterocycles. The number of hydrogen-bond donors (Lipinski definition) is 2. The molecule has 1 aliphatic carbocycles. The number of hydrogen-bond acceptors (Lipinski definition) is 5. The minimum absolute atomic E-state index is 0. The summed E-state index contributed by atoms with van der Waals surface area (Å²) in [5, 5.41) is 14.0. The summed E-state index contributed by atoms with van der Waals surface area (Å²) in [5.74, 6) is 5.60. The van der Waals surface area contributed by atoms with Crippen molar-refractivity contribution in [2.45, 2.75) is 37.7 Å². The van der Waals surface area contributed by atoms with Crippen LogP contribution in [0.5, 0.6) is 0 Å². The number of fused-ring (bicyclic) bond motifs is 1. The number of nitrogens with zero attached hydrogens (tertiary/aromatic N) is 4. The summed E-state index contributed by atoms with van der Waals surface area (Å²) in [7, 11) is 1.73. The first-order valence-electron chi connectivity index (χ1n) is 11.6. The Morgan fingerprint density at radius 2 is 1.72 bits per heavy atom. The van der Waals surface area contributed by atoms with Crippen LogP contribution in [0.1, 0.15) is 37.1 Å². The van der Waals surface area contributed by atoms with E-state index in [-0.39, 0.29) is 18.2 Å². The molecule has 36 heavy (non-hydrogen) atoms. The molecule has 9 heteroatoms. The minimum atomic E-state index is -1.02. The first-order valence-corrected chi connectivity index (χ1v) is 11.6. The van der Waals surface area contributed by atoms with Gasteiger partial charge in [-0.3, -0.25) is 0 Å². The van der Waals surface area contributed by atoms with Gasteiger partial charge in [0.05, 0.1) is 0 Å². The zero-order chi connectivity index (χ0) is 24.4. The van der Waals surface area contributed by atoms with Crippen molar-refractivity contribution >= 4 is 29.4 Å². The highest BCUT2D eigenvalue weighted by molar-refractivity contribution is 5.87. The van der Waals surface area contributed by atoms with Gasteiger partial charge >= 0.3 is 0 Å². The maximum Gasteiger partial charge on any atom is 0.209 e. The molecule has 0 radical (unpaired) electrons. The maximum atomic E-state index is 13.9. The van der Waals surface area contributed by atoms with Crippen LogP contribution in [0.15, 0.2) is 48.5 Å². The van der Waals surface area contributed by atoms with Gasteiger partial charge in [0.15, 0.2) is 17.0 Å². The van der Waals surface area contributed by atoms with Gasteiger partial charge in [0.2, 0.25) is 5.82 Å². The van der Waals surface area contributed by atoms with Crippen LogP contribution in [0.4, 0.5) is 14.6 Å². The lowest BCUT2D eigenvalue weighted by molar-refractivity contribution is 0.110. The van der Waals surface area contributed by atoms with Crippen molar-refractivity contribution in [2.75, 3.05) is 11.9 Å². The average Bonchev–Trinajstić information content (AvgIpc) is 3.42. The van der Waals surface area contributed by atoms with Crippen LogP contribution in [0.25, 0.3) is 22.6 Å². The van der Waals surface area contributed by atoms with Crippen molar-refractivity contribution in [3.8, 4) is 23.2 Å². The van der Waals surface area contributed by atoms with Gasteiger partial charge in [0.1, 0.15) is 23.1 Å². The molecule has 186 valence electrons. The number of halogens is 3. The molecule has 0 bridgehead atoms. The number of aromatic nitrogens is 4. The van der Waals surface area contributed by atoms with Crippen LogP contribution in [0.3, 0.4) is 0 Å². The van der Waals surface area contributed by atoms with Crippen molar-refractivity contribution in [3.05, 3.63) is 71.6 Å². The normalized spacial score (nSPS) is 14.2. The number of imidazole rings is 1. The van der Waals surface area contributed by atoms with Gasteiger partial charge in [-0.15, -0.1) is 12.4 Å². The molecule has 1 aliphatic rings. The minimum Gasteiger partial charge on any atom is -0.378 e. The van der Waals surface area contributed by atoms with Crippen LogP contribution >= 0.6 is 12.4 Å². The van der Waals surface area contributed by atoms with Crippen LogP contribution < -0.4 is 5.32 Å². The van der Waals surface area contributed by atoms with Crippen molar-refractivity contribution in [2.24, 2.45) is 7.05 Å². The number of anilines is 1. The topological polar surface area (TPSA) is 75.9 Å². The van der Waals surface area contributed by atoms with Gasteiger partial charge in [-0.1, -0.05) is 36.3 Å². The summed E-state index contributed by atoms with van der Waals surface area (Å²) in [4.78, 5) is 13.8. The average molecular weight is 510 g/mol. The van der Waals surface area contributed by atoms with Gasteiger partial charge in [-0.25, -0.2) is 23.7 Å². The summed E-state index contributed by atoms with van der Waals surface area (Å²) >= 11 is 0. The van der Waals surface area contributed by atoms with E-state index in [1.54, 1.807) is 11.6 Å². The predicted molar refractivity (Wildman–Crippen MR) is 138 cm³/mol. The van der Waals surface area contributed by atoms with E-state index in [1.807, 2.05) is 30.3 Å². The molecule has 2 aromatic carbocycles. The molecule has 0 unspecified atom stereocenters. The van der Waals surface area contributed by atoms with E-state index in [0.717, 1.165) is 25.3 Å². The van der Waals surface area contributed by atoms with E-state index in [2.05, 4.69) is 32.1 Å². The number of nitrogens with one attached hydrogen (secondary N) is 1. The van der Waals surface area contributed by atoms with E-state index in [9.17, 15) is 13.9 Å². The monoisotopic (exact) mass is 509 g/mol. The summed E-state index contributed by atoms with van der Waals surface area (Å²) in [6.45, 7) is 0.591. The fourth-order valence-corrected chi connectivity index (χ4v) is 4.41. The summed E-state index contributed by atoms with van der Waals surface area (Å²) in [6.07, 6.45) is 3.90. The molecule has 2 heterocycles. The Bertz CT molecular complexity index is 1420. The molecule has 6 nitrogen and oxygen atoms in total. The van der Waals surface area contributed by atoms with Crippen molar-refractivity contribution in [3.63, 3.8) is 0 Å². The third kappa shape index (κ3) is 5.48. The van der Waals surface area contributed by atoms with Crippen molar-refractivity contribution < 1.29 is 13.9 Å². The van der Waals surface area contributed by atoms with Crippen molar-refractivity contribution in [1.82, 2.24) is 19.5 Å². The lowest BCUT2D eigenvalue weighted by atomic mass is 10.0. The van der Waals surface area contributed by atoms with Crippen LogP contribution in [0, 0.1) is 23.5 Å². The van der Waals surface area contributed by atoms with Gasteiger partial charge in [-0.2, -0.15) is 0 Å². The van der Waals surface area contributed by atoms with Crippen LogP contribution in [-0.2, 0) is 13.5 Å². The molecular formula is C27H26ClF2N5O. The molecule has 4 aromatic rings. The van der Waals surface area contributed by atoms with Crippen LogP contribution in [-0.4, -0.2) is 36.8 Å². The molecule has 1 saturated carbocycles. The smallest absolute Gasteiger partial charge is 0.209 e. The molecular weight excluding hydrogens is 484 g/mol. The molecule has 1 fully saturated rings. The zero-order valence-corrected chi connectivity index (χ0v) is 20.6.